The maximum absolute atomic E-state index is 12.5. The summed E-state index contributed by atoms with van der Waals surface area (Å²) in [5.74, 6) is 0.0139. The van der Waals surface area contributed by atoms with Crippen LogP contribution in [-0.4, -0.2) is 43.5 Å². The van der Waals surface area contributed by atoms with Crippen LogP contribution in [0.3, 0.4) is 0 Å². The molecule has 0 saturated carbocycles. The third kappa shape index (κ3) is 3.14. The first-order valence-electron chi connectivity index (χ1n) is 7.98. The average molecular weight is 316 g/mol. The fourth-order valence-corrected chi connectivity index (χ4v) is 3.32. The monoisotopic (exact) mass is 316 g/mol. The average Bonchev–Trinajstić information content (AvgIpc) is 3.16. The largest absolute Gasteiger partial charge is 0.322 e. The lowest BCUT2D eigenvalue weighted by molar-refractivity contribution is -0.117. The topological polar surface area (TPSA) is 68.0 Å². The number of aryl methyl sites for hydroxylation is 3. The van der Waals surface area contributed by atoms with Crippen LogP contribution in [-0.2, 0) is 18.9 Å². The molecule has 3 heterocycles. The van der Waals surface area contributed by atoms with Crippen LogP contribution >= 0.6 is 0 Å². The Morgan fingerprint density at radius 1 is 1.39 bits per heavy atom. The summed E-state index contributed by atoms with van der Waals surface area (Å²) in [6.07, 6.45) is 6.12. The molecule has 1 amide bonds. The van der Waals surface area contributed by atoms with Gasteiger partial charge in [-0.2, -0.15) is 10.2 Å². The van der Waals surface area contributed by atoms with Crippen molar-refractivity contribution >= 4 is 11.6 Å². The normalized spacial score (nSPS) is 18.5. The molecule has 23 heavy (non-hydrogen) atoms. The smallest absolute Gasteiger partial charge is 0.238 e. The third-order valence-corrected chi connectivity index (χ3v) is 4.59. The summed E-state index contributed by atoms with van der Waals surface area (Å²) in [6, 6.07) is 0.283. The van der Waals surface area contributed by atoms with Gasteiger partial charge in [-0.25, -0.2) is 0 Å². The number of carbonyl (C=O) groups excluding carboxylic acids is 1. The quantitative estimate of drug-likeness (QED) is 0.929. The summed E-state index contributed by atoms with van der Waals surface area (Å²) in [4.78, 5) is 14.7. The molecule has 1 saturated heterocycles. The summed E-state index contributed by atoms with van der Waals surface area (Å²) in [5, 5.41) is 11.6. The van der Waals surface area contributed by atoms with Crippen LogP contribution in [0.1, 0.15) is 35.8 Å². The zero-order valence-electron chi connectivity index (χ0n) is 14.2. The lowest BCUT2D eigenvalue weighted by atomic mass is 10.1. The second kappa shape index (κ2) is 6.16. The lowest BCUT2D eigenvalue weighted by Gasteiger charge is -2.22. The van der Waals surface area contributed by atoms with Crippen LogP contribution < -0.4 is 5.32 Å². The molecule has 1 aliphatic heterocycles. The van der Waals surface area contributed by atoms with Crippen LogP contribution in [0.2, 0.25) is 0 Å². The third-order valence-electron chi connectivity index (χ3n) is 4.59. The molecule has 2 aromatic heterocycles. The number of aromatic nitrogens is 4. The van der Waals surface area contributed by atoms with Gasteiger partial charge < -0.3 is 5.32 Å². The zero-order valence-corrected chi connectivity index (χ0v) is 14.2. The molecule has 3 rings (SSSR count). The second-order valence-electron chi connectivity index (χ2n) is 6.29. The molecule has 1 atom stereocenters. The maximum Gasteiger partial charge on any atom is 0.238 e. The van der Waals surface area contributed by atoms with Gasteiger partial charge in [-0.1, -0.05) is 0 Å². The SMILES string of the molecule is Cc1nn(C)c(C)c1NC(=O)CN1CCC[C@H]1c1cnn(C)c1. The molecule has 0 spiro atoms. The first-order valence-corrected chi connectivity index (χ1v) is 7.98. The molecule has 124 valence electrons. The van der Waals surface area contributed by atoms with Crippen LogP contribution in [0.15, 0.2) is 12.4 Å². The van der Waals surface area contributed by atoms with E-state index in [2.05, 4.69) is 20.4 Å². The van der Waals surface area contributed by atoms with E-state index in [0.717, 1.165) is 36.5 Å². The Morgan fingerprint density at radius 2 is 2.17 bits per heavy atom. The number of rotatable bonds is 4. The minimum absolute atomic E-state index is 0.0139. The van der Waals surface area contributed by atoms with Gasteiger partial charge in [0.15, 0.2) is 0 Å². The molecule has 2 aromatic rings. The Kier molecular flexibility index (Phi) is 4.21. The van der Waals surface area contributed by atoms with Gasteiger partial charge in [0.05, 0.1) is 29.8 Å². The van der Waals surface area contributed by atoms with E-state index in [9.17, 15) is 4.79 Å². The first-order chi connectivity index (χ1) is 11.0. The number of likely N-dealkylation sites (tertiary alicyclic amines) is 1. The number of nitrogens with zero attached hydrogens (tertiary/aromatic N) is 5. The maximum atomic E-state index is 12.5. The van der Waals surface area contributed by atoms with Crippen molar-refractivity contribution in [2.75, 3.05) is 18.4 Å². The highest BCUT2D eigenvalue weighted by molar-refractivity contribution is 5.93. The number of anilines is 1. The van der Waals surface area contributed by atoms with Crippen molar-refractivity contribution in [2.24, 2.45) is 14.1 Å². The van der Waals surface area contributed by atoms with Crippen LogP contribution in [0.5, 0.6) is 0 Å². The van der Waals surface area contributed by atoms with E-state index in [0.29, 0.717) is 6.54 Å². The van der Waals surface area contributed by atoms with Gasteiger partial charge in [0, 0.05) is 31.9 Å². The van der Waals surface area contributed by atoms with Crippen LogP contribution in [0, 0.1) is 13.8 Å². The molecule has 7 nitrogen and oxygen atoms in total. The Morgan fingerprint density at radius 3 is 2.78 bits per heavy atom. The van der Waals surface area contributed by atoms with E-state index in [1.54, 1.807) is 4.68 Å². The fourth-order valence-electron chi connectivity index (χ4n) is 3.32. The summed E-state index contributed by atoms with van der Waals surface area (Å²) < 4.78 is 3.60. The van der Waals surface area contributed by atoms with Gasteiger partial charge >= 0.3 is 0 Å². The number of hydrogen-bond acceptors (Lipinski definition) is 4. The molecule has 1 fully saturated rings. The summed E-state index contributed by atoms with van der Waals surface area (Å²) >= 11 is 0. The number of carbonyl (C=O) groups is 1. The molecule has 1 aliphatic rings. The van der Waals surface area contributed by atoms with E-state index in [4.69, 9.17) is 0 Å². The zero-order chi connectivity index (χ0) is 16.6. The van der Waals surface area contributed by atoms with Crippen molar-refractivity contribution < 1.29 is 4.79 Å². The van der Waals surface area contributed by atoms with Crippen LogP contribution in [0.25, 0.3) is 0 Å². The lowest BCUT2D eigenvalue weighted by Crippen LogP contribution is -2.33. The van der Waals surface area contributed by atoms with Gasteiger partial charge in [-0.05, 0) is 33.2 Å². The van der Waals surface area contributed by atoms with E-state index in [1.807, 2.05) is 45.0 Å². The highest BCUT2D eigenvalue weighted by Gasteiger charge is 2.28. The molecule has 1 N–H and O–H groups in total. The van der Waals surface area contributed by atoms with Crippen molar-refractivity contribution in [3.63, 3.8) is 0 Å². The van der Waals surface area contributed by atoms with Crippen molar-refractivity contribution in [1.82, 2.24) is 24.5 Å². The number of nitrogens with one attached hydrogen (secondary N) is 1. The van der Waals surface area contributed by atoms with E-state index in [-0.39, 0.29) is 11.9 Å². The van der Waals surface area contributed by atoms with Crippen molar-refractivity contribution in [2.45, 2.75) is 32.7 Å². The van der Waals surface area contributed by atoms with E-state index in [1.165, 1.54) is 5.56 Å². The first kappa shape index (κ1) is 15.7. The summed E-state index contributed by atoms with van der Waals surface area (Å²) in [7, 11) is 3.81. The molecular weight excluding hydrogens is 292 g/mol. The van der Waals surface area contributed by atoms with Crippen molar-refractivity contribution in [1.29, 1.82) is 0 Å². The summed E-state index contributed by atoms with van der Waals surface area (Å²) in [5.41, 5.74) is 3.84. The molecule has 0 aliphatic carbocycles. The molecule has 7 heteroatoms. The Balaban J connectivity index is 1.67. The highest BCUT2D eigenvalue weighted by atomic mass is 16.2. The van der Waals surface area contributed by atoms with E-state index >= 15 is 0 Å². The Hall–Kier alpha value is -2.15. The van der Waals surface area contributed by atoms with Crippen molar-refractivity contribution in [3.05, 3.63) is 29.3 Å². The summed E-state index contributed by atoms with van der Waals surface area (Å²) in [6.45, 7) is 5.21. The Labute approximate surface area is 136 Å². The van der Waals surface area contributed by atoms with Gasteiger partial charge in [0.25, 0.3) is 0 Å². The van der Waals surface area contributed by atoms with Gasteiger partial charge in [0.1, 0.15) is 0 Å². The molecule has 0 unspecified atom stereocenters. The molecule has 0 radical (unpaired) electrons. The minimum atomic E-state index is 0.0139. The predicted molar refractivity (Wildman–Crippen MR) is 88.1 cm³/mol. The molecule has 0 aromatic carbocycles. The molecule has 0 bridgehead atoms. The van der Waals surface area contributed by atoms with Crippen LogP contribution in [0.4, 0.5) is 5.69 Å². The standard InChI is InChI=1S/C16H24N6O/c1-11-16(12(2)21(4)19-11)18-15(23)10-22-7-5-6-14(22)13-8-17-20(3)9-13/h8-9,14H,5-7,10H2,1-4H3,(H,18,23)/t14-/m0/s1. The second-order valence-corrected chi connectivity index (χ2v) is 6.29. The molecular formula is C16H24N6O. The number of amides is 1. The van der Waals surface area contributed by atoms with E-state index < -0.39 is 0 Å². The van der Waals surface area contributed by atoms with Crippen molar-refractivity contribution in [3.8, 4) is 0 Å². The van der Waals surface area contributed by atoms with Gasteiger partial charge in [0.2, 0.25) is 5.91 Å². The predicted octanol–water partition coefficient (Wildman–Crippen LogP) is 1.55. The van der Waals surface area contributed by atoms with Gasteiger partial charge in [-0.15, -0.1) is 0 Å². The minimum Gasteiger partial charge on any atom is -0.322 e. The highest BCUT2D eigenvalue weighted by Crippen LogP contribution is 2.31. The fraction of sp³-hybridized carbons (Fsp3) is 0.562. The van der Waals surface area contributed by atoms with Gasteiger partial charge in [-0.3, -0.25) is 19.1 Å². The Bertz CT molecular complexity index is 716. The number of hydrogen-bond donors (Lipinski definition) is 1.